The highest BCUT2D eigenvalue weighted by atomic mass is 32.2. The van der Waals surface area contributed by atoms with Crippen LogP contribution >= 0.6 is 11.8 Å². The maximum absolute atomic E-state index is 13.1. The van der Waals surface area contributed by atoms with E-state index in [0.717, 1.165) is 9.79 Å². The number of carbonyl (C=O) groups excluding carboxylic acids is 2. The molecule has 0 bridgehead atoms. The van der Waals surface area contributed by atoms with Gasteiger partial charge in [0.15, 0.2) is 0 Å². The zero-order valence-electron chi connectivity index (χ0n) is 15.8. The minimum atomic E-state index is -0.168. The lowest BCUT2D eigenvalue weighted by atomic mass is 9.96. The lowest BCUT2D eigenvalue weighted by Gasteiger charge is -2.31. The Morgan fingerprint density at radius 1 is 1.11 bits per heavy atom. The molecule has 28 heavy (non-hydrogen) atoms. The summed E-state index contributed by atoms with van der Waals surface area (Å²) in [5, 5.41) is 9.31. The van der Waals surface area contributed by atoms with Crippen molar-refractivity contribution in [3.63, 3.8) is 0 Å². The Morgan fingerprint density at radius 2 is 1.75 bits per heavy atom. The number of amides is 1. The Balaban J connectivity index is 1.74. The van der Waals surface area contributed by atoms with E-state index in [1.54, 1.807) is 17.9 Å². The van der Waals surface area contributed by atoms with Crippen LogP contribution < -0.4 is 0 Å². The number of hydrogen-bond donors (Lipinski definition) is 0. The molecule has 2 aromatic rings. The quantitative estimate of drug-likeness (QED) is 0.713. The summed E-state index contributed by atoms with van der Waals surface area (Å²) in [7, 11) is 0. The standard InChI is InChI=1S/C22H22N2O3S/c1-2-27-22(26)16-11-13-24(14-12-16)21(25)18-8-4-6-10-20(18)28-19-9-5-3-7-17(19)15-23/h3-10,16H,2,11-14H2,1H3. The molecule has 0 spiro atoms. The molecule has 1 saturated heterocycles. The molecule has 3 rings (SSSR count). The predicted molar refractivity (Wildman–Crippen MR) is 107 cm³/mol. The number of ether oxygens (including phenoxy) is 1. The average molecular weight is 394 g/mol. The number of nitriles is 1. The second kappa shape index (κ2) is 9.43. The molecule has 6 heteroatoms. The van der Waals surface area contributed by atoms with Crippen molar-refractivity contribution in [1.82, 2.24) is 4.90 Å². The molecule has 0 N–H and O–H groups in total. The topological polar surface area (TPSA) is 70.4 Å². The molecule has 0 unspecified atom stereocenters. The van der Waals surface area contributed by atoms with Gasteiger partial charge in [-0.15, -0.1) is 0 Å². The first-order valence-corrected chi connectivity index (χ1v) is 10.2. The second-order valence-electron chi connectivity index (χ2n) is 6.52. The summed E-state index contributed by atoms with van der Waals surface area (Å²) in [6.07, 6.45) is 1.24. The lowest BCUT2D eigenvalue weighted by Crippen LogP contribution is -2.40. The van der Waals surface area contributed by atoms with Crippen LogP contribution in [-0.4, -0.2) is 36.5 Å². The maximum atomic E-state index is 13.1. The molecule has 0 radical (unpaired) electrons. The van der Waals surface area contributed by atoms with E-state index in [9.17, 15) is 14.9 Å². The molecular weight excluding hydrogens is 372 g/mol. The summed E-state index contributed by atoms with van der Waals surface area (Å²) in [6, 6.07) is 17.0. The van der Waals surface area contributed by atoms with Crippen molar-refractivity contribution in [1.29, 1.82) is 5.26 Å². The number of rotatable bonds is 5. The third-order valence-corrected chi connectivity index (χ3v) is 5.90. The van der Waals surface area contributed by atoms with E-state index in [0.29, 0.717) is 43.7 Å². The molecule has 1 heterocycles. The first-order chi connectivity index (χ1) is 13.6. The third kappa shape index (κ3) is 4.55. The Kier molecular flexibility index (Phi) is 6.72. The summed E-state index contributed by atoms with van der Waals surface area (Å²) in [6.45, 7) is 3.26. The number of nitrogens with zero attached hydrogens (tertiary/aromatic N) is 2. The van der Waals surface area contributed by atoms with Crippen LogP contribution in [0.4, 0.5) is 0 Å². The fourth-order valence-corrected chi connectivity index (χ4v) is 4.27. The number of likely N-dealkylation sites (tertiary alicyclic amines) is 1. The Bertz CT molecular complexity index is 899. The summed E-state index contributed by atoms with van der Waals surface area (Å²) >= 11 is 1.43. The SMILES string of the molecule is CCOC(=O)C1CCN(C(=O)c2ccccc2Sc2ccccc2C#N)CC1. The van der Waals surface area contributed by atoms with Crippen LogP contribution in [0.2, 0.25) is 0 Å². The summed E-state index contributed by atoms with van der Waals surface area (Å²) in [4.78, 5) is 28.5. The van der Waals surface area contributed by atoms with Gasteiger partial charge in [-0.05, 0) is 44.0 Å². The van der Waals surface area contributed by atoms with Crippen molar-refractivity contribution in [2.75, 3.05) is 19.7 Å². The lowest BCUT2D eigenvalue weighted by molar-refractivity contribution is -0.149. The monoisotopic (exact) mass is 394 g/mol. The molecule has 0 atom stereocenters. The smallest absolute Gasteiger partial charge is 0.309 e. The predicted octanol–water partition coefficient (Wildman–Crippen LogP) is 4.12. The molecule has 0 aliphatic carbocycles. The summed E-state index contributed by atoms with van der Waals surface area (Å²) < 4.78 is 5.10. The number of carbonyl (C=O) groups is 2. The highest BCUT2D eigenvalue weighted by molar-refractivity contribution is 7.99. The van der Waals surface area contributed by atoms with Gasteiger partial charge in [-0.3, -0.25) is 9.59 Å². The van der Waals surface area contributed by atoms with Crippen molar-refractivity contribution in [2.24, 2.45) is 5.92 Å². The minimum absolute atomic E-state index is 0.0418. The number of benzene rings is 2. The van der Waals surface area contributed by atoms with Crippen LogP contribution in [0.3, 0.4) is 0 Å². The Morgan fingerprint density at radius 3 is 2.43 bits per heavy atom. The number of hydrogen-bond acceptors (Lipinski definition) is 5. The highest BCUT2D eigenvalue weighted by Crippen LogP contribution is 2.33. The summed E-state index contributed by atoms with van der Waals surface area (Å²) in [5.41, 5.74) is 1.21. The van der Waals surface area contributed by atoms with Gasteiger partial charge in [0.1, 0.15) is 6.07 Å². The molecule has 1 fully saturated rings. The zero-order valence-corrected chi connectivity index (χ0v) is 16.6. The van der Waals surface area contributed by atoms with Crippen molar-refractivity contribution in [3.8, 4) is 6.07 Å². The van der Waals surface area contributed by atoms with E-state index in [1.807, 2.05) is 42.5 Å². The van der Waals surface area contributed by atoms with Crippen molar-refractivity contribution in [3.05, 3.63) is 59.7 Å². The molecule has 0 aromatic heterocycles. The van der Waals surface area contributed by atoms with Gasteiger partial charge in [-0.2, -0.15) is 5.26 Å². The molecule has 144 valence electrons. The van der Waals surface area contributed by atoms with Gasteiger partial charge in [-0.1, -0.05) is 36.0 Å². The molecular formula is C22H22N2O3S. The fraction of sp³-hybridized carbons (Fsp3) is 0.318. The highest BCUT2D eigenvalue weighted by Gasteiger charge is 2.29. The van der Waals surface area contributed by atoms with E-state index < -0.39 is 0 Å². The second-order valence-corrected chi connectivity index (χ2v) is 7.61. The maximum Gasteiger partial charge on any atom is 0.309 e. The van der Waals surface area contributed by atoms with Crippen molar-refractivity contribution in [2.45, 2.75) is 29.6 Å². The Hall–Kier alpha value is -2.78. The van der Waals surface area contributed by atoms with Gasteiger partial charge in [0, 0.05) is 22.9 Å². The molecule has 1 amide bonds. The van der Waals surface area contributed by atoms with E-state index in [1.165, 1.54) is 11.8 Å². The molecule has 0 saturated carbocycles. The van der Waals surface area contributed by atoms with Gasteiger partial charge in [0.25, 0.3) is 5.91 Å². The van der Waals surface area contributed by atoms with E-state index in [2.05, 4.69) is 6.07 Å². The summed E-state index contributed by atoms with van der Waals surface area (Å²) in [5.74, 6) is -0.338. The van der Waals surface area contributed by atoms with Gasteiger partial charge < -0.3 is 9.64 Å². The van der Waals surface area contributed by atoms with Gasteiger partial charge in [-0.25, -0.2) is 0 Å². The minimum Gasteiger partial charge on any atom is -0.466 e. The van der Waals surface area contributed by atoms with Crippen molar-refractivity contribution < 1.29 is 14.3 Å². The molecule has 1 aliphatic rings. The van der Waals surface area contributed by atoms with Crippen LogP contribution in [0.5, 0.6) is 0 Å². The van der Waals surface area contributed by atoms with E-state index in [-0.39, 0.29) is 17.8 Å². The number of piperidine rings is 1. The van der Waals surface area contributed by atoms with E-state index in [4.69, 9.17) is 4.74 Å². The Labute approximate surface area is 169 Å². The van der Waals surface area contributed by atoms with Crippen LogP contribution in [-0.2, 0) is 9.53 Å². The molecule has 5 nitrogen and oxygen atoms in total. The molecule has 2 aromatic carbocycles. The van der Waals surface area contributed by atoms with Gasteiger partial charge >= 0.3 is 5.97 Å². The van der Waals surface area contributed by atoms with Gasteiger partial charge in [0.2, 0.25) is 0 Å². The van der Waals surface area contributed by atoms with Crippen LogP contribution in [0, 0.1) is 17.2 Å². The van der Waals surface area contributed by atoms with Crippen LogP contribution in [0.1, 0.15) is 35.7 Å². The largest absolute Gasteiger partial charge is 0.466 e. The van der Waals surface area contributed by atoms with E-state index >= 15 is 0 Å². The molecule has 1 aliphatic heterocycles. The van der Waals surface area contributed by atoms with Crippen LogP contribution in [0.25, 0.3) is 0 Å². The normalized spacial score (nSPS) is 14.4. The van der Waals surface area contributed by atoms with Crippen molar-refractivity contribution >= 4 is 23.6 Å². The first-order valence-electron chi connectivity index (χ1n) is 9.36. The first kappa shape index (κ1) is 20.0. The van der Waals surface area contributed by atoms with Crippen LogP contribution in [0.15, 0.2) is 58.3 Å². The third-order valence-electron chi connectivity index (χ3n) is 4.75. The van der Waals surface area contributed by atoms with Gasteiger partial charge in [0.05, 0.1) is 23.7 Å². The fourth-order valence-electron chi connectivity index (χ4n) is 3.25. The number of esters is 1. The average Bonchev–Trinajstić information content (AvgIpc) is 2.74. The zero-order chi connectivity index (χ0) is 19.9.